The number of nitrogens with zero attached hydrogens (tertiary/aromatic N) is 1. The minimum Gasteiger partial charge on any atom is -0.356 e. The molecule has 1 aromatic carbocycles. The van der Waals surface area contributed by atoms with Gasteiger partial charge in [0.25, 0.3) is 5.91 Å². The third-order valence-electron chi connectivity index (χ3n) is 3.55. The molecule has 134 valence electrons. The van der Waals surface area contributed by atoms with Gasteiger partial charge in [-0.25, -0.2) is 10.3 Å². The number of anilines is 1. The van der Waals surface area contributed by atoms with Crippen LogP contribution in [0.5, 0.6) is 0 Å². The summed E-state index contributed by atoms with van der Waals surface area (Å²) in [5, 5.41) is 3.00. The lowest BCUT2D eigenvalue weighted by Crippen LogP contribution is -2.48. The predicted octanol–water partition coefficient (Wildman–Crippen LogP) is 0.509. The van der Waals surface area contributed by atoms with Crippen molar-refractivity contribution in [3.63, 3.8) is 0 Å². The van der Waals surface area contributed by atoms with Gasteiger partial charge in [-0.2, -0.15) is 0 Å². The van der Waals surface area contributed by atoms with E-state index in [9.17, 15) is 19.2 Å². The summed E-state index contributed by atoms with van der Waals surface area (Å²) in [5.41, 5.74) is 5.41. The average Bonchev–Trinajstić information content (AvgIpc) is 2.83. The van der Waals surface area contributed by atoms with Crippen molar-refractivity contribution in [2.24, 2.45) is 0 Å². The van der Waals surface area contributed by atoms with E-state index in [0.717, 1.165) is 4.90 Å². The van der Waals surface area contributed by atoms with E-state index in [1.165, 1.54) is 13.0 Å². The molecule has 0 radical (unpaired) electrons. The summed E-state index contributed by atoms with van der Waals surface area (Å²) in [6.07, 6.45) is 0.594. The van der Waals surface area contributed by atoms with Crippen LogP contribution in [0, 0.1) is 0 Å². The maximum Gasteiger partial charge on any atom is 0.253 e. The Balaban J connectivity index is 1.84. The van der Waals surface area contributed by atoms with Gasteiger partial charge in [-0.15, -0.1) is 0 Å². The molecule has 4 amide bonds. The first-order chi connectivity index (χ1) is 11.9. The van der Waals surface area contributed by atoms with E-state index in [4.69, 9.17) is 11.6 Å². The molecule has 0 spiro atoms. The van der Waals surface area contributed by atoms with Crippen LogP contribution in [-0.4, -0.2) is 36.2 Å². The lowest BCUT2D eigenvalue weighted by molar-refractivity contribution is -0.124. The quantitative estimate of drug-likeness (QED) is 0.370. The van der Waals surface area contributed by atoms with E-state index in [1.54, 1.807) is 18.2 Å². The number of hydrogen-bond acceptors (Lipinski definition) is 5. The van der Waals surface area contributed by atoms with Crippen molar-refractivity contribution in [3.8, 4) is 0 Å². The van der Waals surface area contributed by atoms with E-state index in [-0.39, 0.29) is 30.6 Å². The molecule has 1 heterocycles. The first-order valence-electron chi connectivity index (χ1n) is 7.79. The molecular weight excluding hydrogens is 348 g/mol. The van der Waals surface area contributed by atoms with Crippen LogP contribution < -0.4 is 21.1 Å². The van der Waals surface area contributed by atoms with Crippen molar-refractivity contribution in [1.82, 2.24) is 16.2 Å². The molecule has 8 nitrogen and oxygen atoms in total. The number of hydrazine groups is 1. The number of imide groups is 1. The van der Waals surface area contributed by atoms with E-state index >= 15 is 0 Å². The molecule has 0 bridgehead atoms. The first kappa shape index (κ1) is 18.9. The molecular formula is C16H19ClN4O4. The van der Waals surface area contributed by atoms with Crippen LogP contribution in [0.3, 0.4) is 0 Å². The van der Waals surface area contributed by atoms with Crippen LogP contribution in [0.25, 0.3) is 0 Å². The monoisotopic (exact) mass is 366 g/mol. The van der Waals surface area contributed by atoms with Gasteiger partial charge < -0.3 is 5.32 Å². The fourth-order valence-corrected chi connectivity index (χ4v) is 2.56. The Kier molecular flexibility index (Phi) is 6.49. The smallest absolute Gasteiger partial charge is 0.253 e. The highest BCUT2D eigenvalue weighted by atomic mass is 35.5. The molecule has 9 heteroatoms. The second-order valence-corrected chi connectivity index (χ2v) is 6.02. The second kappa shape index (κ2) is 8.59. The SMILES string of the molecule is CC(=O)NCCCC(=O)NN[C@H]1CC(=O)N(c2cccc(Cl)c2)C1=O. The van der Waals surface area contributed by atoms with Crippen molar-refractivity contribution in [2.75, 3.05) is 11.4 Å². The summed E-state index contributed by atoms with van der Waals surface area (Å²) < 4.78 is 0. The van der Waals surface area contributed by atoms with Crippen LogP contribution in [0.2, 0.25) is 5.02 Å². The molecule has 1 atom stereocenters. The Morgan fingerprint density at radius 3 is 2.76 bits per heavy atom. The van der Waals surface area contributed by atoms with E-state index in [2.05, 4.69) is 16.2 Å². The van der Waals surface area contributed by atoms with Gasteiger partial charge in [-0.1, -0.05) is 17.7 Å². The van der Waals surface area contributed by atoms with Gasteiger partial charge in [0.05, 0.1) is 12.1 Å². The third-order valence-corrected chi connectivity index (χ3v) is 3.79. The molecule has 0 saturated carbocycles. The van der Waals surface area contributed by atoms with E-state index in [1.807, 2.05) is 0 Å². The maximum absolute atomic E-state index is 12.4. The first-order valence-corrected chi connectivity index (χ1v) is 8.17. The standard InChI is InChI=1S/C16H19ClN4O4/c1-10(22)18-7-3-6-14(23)20-19-13-9-15(24)21(16(13)25)12-5-2-4-11(17)8-12/h2,4-5,8,13,19H,3,6-7,9H2,1H3,(H,18,22)(H,20,23)/t13-/m0/s1. The van der Waals surface area contributed by atoms with Crippen LogP contribution in [0.15, 0.2) is 24.3 Å². The minimum absolute atomic E-state index is 0.0580. The zero-order chi connectivity index (χ0) is 18.4. The van der Waals surface area contributed by atoms with E-state index in [0.29, 0.717) is 23.7 Å². The number of hydrogen-bond donors (Lipinski definition) is 3. The van der Waals surface area contributed by atoms with Crippen LogP contribution >= 0.6 is 11.6 Å². The summed E-state index contributed by atoms with van der Waals surface area (Å²) in [6.45, 7) is 1.79. The van der Waals surface area contributed by atoms with Gasteiger partial charge in [0.1, 0.15) is 6.04 Å². The van der Waals surface area contributed by atoms with Crippen molar-refractivity contribution >= 4 is 40.9 Å². The molecule has 3 N–H and O–H groups in total. The molecule has 25 heavy (non-hydrogen) atoms. The number of amides is 4. The van der Waals surface area contributed by atoms with Crippen molar-refractivity contribution in [3.05, 3.63) is 29.3 Å². The van der Waals surface area contributed by atoms with Crippen LogP contribution in [0.1, 0.15) is 26.2 Å². The topological polar surface area (TPSA) is 108 Å². The minimum atomic E-state index is -0.828. The maximum atomic E-state index is 12.4. The van der Waals surface area contributed by atoms with Crippen molar-refractivity contribution in [1.29, 1.82) is 0 Å². The molecule has 1 saturated heterocycles. The Morgan fingerprint density at radius 2 is 2.08 bits per heavy atom. The van der Waals surface area contributed by atoms with Gasteiger partial charge in [0.15, 0.2) is 0 Å². The molecule has 0 aromatic heterocycles. The molecule has 1 aromatic rings. The number of halogens is 1. The highest BCUT2D eigenvalue weighted by molar-refractivity contribution is 6.31. The Labute approximate surface area is 149 Å². The molecule has 1 aliphatic heterocycles. The lowest BCUT2D eigenvalue weighted by atomic mass is 10.2. The van der Waals surface area contributed by atoms with Crippen LogP contribution in [-0.2, 0) is 19.2 Å². The Hall–Kier alpha value is -2.45. The zero-order valence-corrected chi connectivity index (χ0v) is 14.4. The normalized spacial score (nSPS) is 16.9. The average molecular weight is 367 g/mol. The summed E-state index contributed by atoms with van der Waals surface area (Å²) in [5.74, 6) is -1.31. The molecule has 0 unspecified atom stereocenters. The molecule has 0 aliphatic carbocycles. The van der Waals surface area contributed by atoms with Crippen molar-refractivity contribution < 1.29 is 19.2 Å². The van der Waals surface area contributed by atoms with Gasteiger partial charge in [0.2, 0.25) is 17.7 Å². The highest BCUT2D eigenvalue weighted by Gasteiger charge is 2.39. The third kappa shape index (κ3) is 5.27. The summed E-state index contributed by atoms with van der Waals surface area (Å²) in [4.78, 5) is 48.0. The van der Waals surface area contributed by atoms with Gasteiger partial charge in [0, 0.05) is 24.9 Å². The Morgan fingerprint density at radius 1 is 1.32 bits per heavy atom. The molecule has 1 fully saturated rings. The summed E-state index contributed by atoms with van der Waals surface area (Å²) in [6, 6.07) is 5.61. The summed E-state index contributed by atoms with van der Waals surface area (Å²) >= 11 is 5.89. The van der Waals surface area contributed by atoms with E-state index < -0.39 is 11.9 Å². The van der Waals surface area contributed by atoms with Gasteiger partial charge >= 0.3 is 0 Å². The summed E-state index contributed by atoms with van der Waals surface area (Å²) in [7, 11) is 0. The second-order valence-electron chi connectivity index (χ2n) is 5.58. The van der Waals surface area contributed by atoms with Crippen molar-refractivity contribution in [2.45, 2.75) is 32.2 Å². The number of rotatable bonds is 7. The van der Waals surface area contributed by atoms with Gasteiger partial charge in [-0.3, -0.25) is 24.6 Å². The predicted molar refractivity (Wildman–Crippen MR) is 91.5 cm³/mol. The highest BCUT2D eigenvalue weighted by Crippen LogP contribution is 2.25. The fourth-order valence-electron chi connectivity index (χ4n) is 2.37. The molecule has 2 rings (SSSR count). The largest absolute Gasteiger partial charge is 0.356 e. The zero-order valence-electron chi connectivity index (χ0n) is 13.7. The fraction of sp³-hybridized carbons (Fsp3) is 0.375. The lowest BCUT2D eigenvalue weighted by Gasteiger charge is -2.16. The van der Waals surface area contributed by atoms with Gasteiger partial charge in [-0.05, 0) is 24.6 Å². The number of nitrogens with one attached hydrogen (secondary N) is 3. The number of carbonyl (C=O) groups is 4. The Bertz CT molecular complexity index is 694. The number of benzene rings is 1. The van der Waals surface area contributed by atoms with Crippen LogP contribution in [0.4, 0.5) is 5.69 Å². The number of carbonyl (C=O) groups excluding carboxylic acids is 4. The molecule has 1 aliphatic rings.